The second kappa shape index (κ2) is 11.9. The van der Waals surface area contributed by atoms with E-state index in [1.54, 1.807) is 12.0 Å². The maximum absolute atomic E-state index is 5.54. The Kier molecular flexibility index (Phi) is 9.28. The van der Waals surface area contributed by atoms with Crippen molar-refractivity contribution in [2.45, 2.75) is 32.4 Å². The van der Waals surface area contributed by atoms with Crippen molar-refractivity contribution in [1.29, 1.82) is 0 Å². The molecule has 8 heteroatoms. The average Bonchev–Trinajstić information content (AvgIpc) is 3.43. The first kappa shape index (κ1) is 24.1. The van der Waals surface area contributed by atoms with E-state index in [4.69, 9.17) is 9.73 Å². The van der Waals surface area contributed by atoms with Gasteiger partial charge in [0.2, 0.25) is 0 Å². The monoisotopic (exact) mass is 555 g/mol. The number of anilines is 1. The summed E-state index contributed by atoms with van der Waals surface area (Å²) in [5.74, 6) is 1.87. The van der Waals surface area contributed by atoms with E-state index >= 15 is 0 Å². The Labute approximate surface area is 207 Å². The molecule has 0 spiro atoms. The van der Waals surface area contributed by atoms with Crippen molar-refractivity contribution in [2.75, 3.05) is 51.3 Å². The molecule has 31 heavy (non-hydrogen) atoms. The molecule has 0 saturated carbocycles. The highest BCUT2D eigenvalue weighted by Crippen LogP contribution is 2.30. The van der Waals surface area contributed by atoms with Gasteiger partial charge in [-0.15, -0.1) is 35.3 Å². The van der Waals surface area contributed by atoms with E-state index in [0.717, 1.165) is 63.9 Å². The summed E-state index contributed by atoms with van der Waals surface area (Å²) in [6.07, 6.45) is 2.27. The van der Waals surface area contributed by atoms with Crippen LogP contribution in [0, 0.1) is 0 Å². The minimum absolute atomic E-state index is 0. The summed E-state index contributed by atoms with van der Waals surface area (Å²) in [6.45, 7) is 9.00. The molecule has 1 aromatic carbocycles. The molecular formula is C23H34IN5OS. The molecule has 3 heterocycles. The van der Waals surface area contributed by atoms with Gasteiger partial charge in [0.05, 0.1) is 19.3 Å². The molecule has 0 amide bonds. The van der Waals surface area contributed by atoms with E-state index in [1.807, 2.05) is 23.5 Å². The van der Waals surface area contributed by atoms with Gasteiger partial charge in [-0.05, 0) is 48.9 Å². The molecule has 170 valence electrons. The molecule has 1 unspecified atom stereocenters. The van der Waals surface area contributed by atoms with Gasteiger partial charge in [-0.3, -0.25) is 9.89 Å². The molecule has 0 bridgehead atoms. The third-order valence-corrected chi connectivity index (χ3v) is 6.90. The number of guanidine groups is 1. The summed E-state index contributed by atoms with van der Waals surface area (Å²) in [5.41, 5.74) is 2.67. The first-order chi connectivity index (χ1) is 14.8. The number of nitrogens with zero attached hydrogens (tertiary/aromatic N) is 3. The fraction of sp³-hybridized carbons (Fsp3) is 0.522. The fourth-order valence-corrected chi connectivity index (χ4v) is 5.19. The molecule has 2 aliphatic heterocycles. The zero-order valence-electron chi connectivity index (χ0n) is 18.5. The van der Waals surface area contributed by atoms with Crippen molar-refractivity contribution in [3.05, 3.63) is 46.2 Å². The second-order valence-corrected chi connectivity index (χ2v) is 8.90. The van der Waals surface area contributed by atoms with Gasteiger partial charge < -0.3 is 20.3 Å². The van der Waals surface area contributed by atoms with Gasteiger partial charge in [0.25, 0.3) is 0 Å². The first-order valence-corrected chi connectivity index (χ1v) is 11.8. The Morgan fingerprint density at radius 1 is 1.26 bits per heavy atom. The van der Waals surface area contributed by atoms with Gasteiger partial charge in [0, 0.05) is 50.2 Å². The highest BCUT2D eigenvalue weighted by atomic mass is 127. The van der Waals surface area contributed by atoms with E-state index in [0.29, 0.717) is 6.04 Å². The van der Waals surface area contributed by atoms with Crippen molar-refractivity contribution in [1.82, 2.24) is 15.5 Å². The molecule has 2 aromatic rings. The van der Waals surface area contributed by atoms with Crippen molar-refractivity contribution in [3.63, 3.8) is 0 Å². The summed E-state index contributed by atoms with van der Waals surface area (Å²) in [7, 11) is 1.74. The zero-order chi connectivity index (χ0) is 20.8. The number of fused-ring (bicyclic) bond motifs is 1. The van der Waals surface area contributed by atoms with Crippen LogP contribution in [-0.4, -0.2) is 63.3 Å². The number of thiophene rings is 1. The number of ether oxygens (including phenoxy) is 1. The summed E-state index contributed by atoms with van der Waals surface area (Å²) >= 11 is 1.90. The van der Waals surface area contributed by atoms with Crippen LogP contribution >= 0.6 is 35.3 Å². The van der Waals surface area contributed by atoms with Crippen molar-refractivity contribution in [3.8, 4) is 5.75 Å². The second-order valence-electron chi connectivity index (χ2n) is 7.90. The molecule has 1 fully saturated rings. The summed E-state index contributed by atoms with van der Waals surface area (Å²) in [4.78, 5) is 11.3. The molecule has 0 radical (unpaired) electrons. The molecule has 2 N–H and O–H groups in total. The number of rotatable bonds is 7. The maximum atomic E-state index is 5.54. The summed E-state index contributed by atoms with van der Waals surface area (Å²) < 4.78 is 5.54. The van der Waals surface area contributed by atoms with Gasteiger partial charge in [0.1, 0.15) is 5.75 Å². The molecule has 1 atom stereocenters. The van der Waals surface area contributed by atoms with Gasteiger partial charge in [-0.25, -0.2) is 0 Å². The average molecular weight is 556 g/mol. The third kappa shape index (κ3) is 6.26. The van der Waals surface area contributed by atoms with E-state index in [-0.39, 0.29) is 24.0 Å². The number of methoxy groups -OCH3 is 1. The fourth-order valence-electron chi connectivity index (χ4n) is 4.30. The number of nitrogens with one attached hydrogen (secondary N) is 2. The minimum atomic E-state index is 0. The molecule has 1 aromatic heterocycles. The lowest BCUT2D eigenvalue weighted by atomic mass is 10.1. The molecule has 2 aliphatic rings. The quantitative estimate of drug-likeness (QED) is 0.311. The molecule has 1 saturated heterocycles. The molecule has 4 rings (SSSR count). The van der Waals surface area contributed by atoms with E-state index in [9.17, 15) is 0 Å². The predicted octanol–water partition coefficient (Wildman–Crippen LogP) is 3.57. The Balaban J connectivity index is 0.00000272. The molecule has 6 nitrogen and oxygen atoms in total. The highest BCUT2D eigenvalue weighted by Gasteiger charge is 2.25. The van der Waals surface area contributed by atoms with Gasteiger partial charge in [-0.2, -0.15) is 0 Å². The normalized spacial score (nSPS) is 19.0. The van der Waals surface area contributed by atoms with Crippen molar-refractivity contribution < 1.29 is 4.74 Å². The van der Waals surface area contributed by atoms with E-state index in [2.05, 4.69) is 50.9 Å². The van der Waals surface area contributed by atoms with Gasteiger partial charge in [0.15, 0.2) is 5.96 Å². The largest absolute Gasteiger partial charge is 0.495 e. The maximum Gasteiger partial charge on any atom is 0.191 e. The number of benzene rings is 1. The zero-order valence-corrected chi connectivity index (χ0v) is 21.6. The minimum Gasteiger partial charge on any atom is -0.495 e. The number of halogens is 1. The van der Waals surface area contributed by atoms with E-state index in [1.165, 1.54) is 17.7 Å². The lowest BCUT2D eigenvalue weighted by molar-refractivity contribution is 0.263. The first-order valence-electron chi connectivity index (χ1n) is 11.0. The van der Waals surface area contributed by atoms with Crippen LogP contribution in [0.5, 0.6) is 5.75 Å². The lowest BCUT2D eigenvalue weighted by Gasteiger charge is -2.26. The lowest BCUT2D eigenvalue weighted by Crippen LogP contribution is -2.45. The Bertz CT molecular complexity index is 858. The van der Waals surface area contributed by atoms with Crippen molar-refractivity contribution in [2.24, 2.45) is 4.99 Å². The third-order valence-electron chi connectivity index (χ3n) is 5.87. The smallest absolute Gasteiger partial charge is 0.191 e. The van der Waals surface area contributed by atoms with Crippen LogP contribution in [0.1, 0.15) is 23.8 Å². The van der Waals surface area contributed by atoms with Crippen LogP contribution in [-0.2, 0) is 13.0 Å². The molecular weight excluding hydrogens is 521 g/mol. The van der Waals surface area contributed by atoms with Crippen LogP contribution in [0.15, 0.2) is 40.7 Å². The predicted molar refractivity (Wildman–Crippen MR) is 141 cm³/mol. The standard InChI is InChI=1S/C23H33N5OS.HI/c1-3-24-23(25-11-14-27-12-9-22-18(16-27)10-15-30-22)26-19-8-13-28(17-19)20-6-4-5-7-21(20)29-2;/h4-7,10,15,19H,3,8-9,11-14,16-17H2,1-2H3,(H2,24,25,26);1H. The van der Waals surface area contributed by atoms with E-state index < -0.39 is 0 Å². The summed E-state index contributed by atoms with van der Waals surface area (Å²) in [6, 6.07) is 10.9. The van der Waals surface area contributed by atoms with Crippen LogP contribution in [0.4, 0.5) is 5.69 Å². The molecule has 0 aliphatic carbocycles. The Morgan fingerprint density at radius 2 is 2.13 bits per heavy atom. The number of aliphatic imine (C=N–C) groups is 1. The topological polar surface area (TPSA) is 52.1 Å². The van der Waals surface area contributed by atoms with Crippen LogP contribution in [0.2, 0.25) is 0 Å². The van der Waals surface area contributed by atoms with Gasteiger partial charge >= 0.3 is 0 Å². The Morgan fingerprint density at radius 3 is 2.97 bits per heavy atom. The van der Waals surface area contributed by atoms with Crippen LogP contribution in [0.3, 0.4) is 0 Å². The number of hydrogen-bond acceptors (Lipinski definition) is 5. The van der Waals surface area contributed by atoms with Crippen LogP contribution < -0.4 is 20.3 Å². The summed E-state index contributed by atoms with van der Waals surface area (Å²) in [5, 5.41) is 9.28. The Hall–Kier alpha value is -1.52. The highest BCUT2D eigenvalue weighted by molar-refractivity contribution is 14.0. The number of hydrogen-bond donors (Lipinski definition) is 2. The number of para-hydroxylation sites is 2. The van der Waals surface area contributed by atoms with Gasteiger partial charge in [-0.1, -0.05) is 12.1 Å². The van der Waals surface area contributed by atoms with Crippen LogP contribution in [0.25, 0.3) is 0 Å². The van der Waals surface area contributed by atoms with Crippen molar-refractivity contribution >= 4 is 47.0 Å². The SMILES string of the molecule is CCNC(=NCCN1CCc2sccc2C1)NC1CCN(c2ccccc2OC)C1.I.